The second-order valence-electron chi connectivity index (χ2n) is 11.1. The number of nitrogens with one attached hydrogen (secondary N) is 1. The molecule has 0 radical (unpaired) electrons. The fourth-order valence-corrected chi connectivity index (χ4v) is 6.83. The van der Waals surface area contributed by atoms with E-state index in [1.54, 1.807) is 0 Å². The van der Waals surface area contributed by atoms with Crippen molar-refractivity contribution in [2.45, 2.75) is 63.8 Å². The predicted molar refractivity (Wildman–Crippen MR) is 142 cm³/mol. The van der Waals surface area contributed by atoms with Crippen molar-refractivity contribution in [2.24, 2.45) is 16.3 Å². The van der Waals surface area contributed by atoms with Crippen LogP contribution in [0.4, 0.5) is 0 Å². The molecule has 3 fully saturated rings. The van der Waals surface area contributed by atoms with Gasteiger partial charge in [0, 0.05) is 62.6 Å². The summed E-state index contributed by atoms with van der Waals surface area (Å²) in [6, 6.07) is -0.849. The Hall–Kier alpha value is -3.77. The maximum absolute atomic E-state index is 12.5. The van der Waals surface area contributed by atoms with Gasteiger partial charge in [-0.25, -0.2) is 9.58 Å². The largest absolute Gasteiger partial charge is 0.374 e. The van der Waals surface area contributed by atoms with Crippen molar-refractivity contribution >= 4 is 5.71 Å². The second kappa shape index (κ2) is 10.8. The normalized spacial score (nSPS) is 27.6. The second-order valence-corrected chi connectivity index (χ2v) is 11.1. The number of rotatable bonds is 5. The molecule has 0 bridgehead atoms. The fourth-order valence-electron chi connectivity index (χ4n) is 6.83. The number of hydrogen-bond acceptors (Lipinski definition) is 10. The zero-order valence-corrected chi connectivity index (χ0v) is 22.2. The summed E-state index contributed by atoms with van der Waals surface area (Å²) in [5, 5.41) is 33.7. The van der Waals surface area contributed by atoms with E-state index >= 15 is 0 Å². The van der Waals surface area contributed by atoms with Crippen LogP contribution in [0, 0.1) is 26.1 Å². The zero-order valence-electron chi connectivity index (χ0n) is 22.2. The van der Waals surface area contributed by atoms with Gasteiger partial charge >= 0.3 is 5.70 Å². The lowest BCUT2D eigenvalue weighted by atomic mass is 9.81. The first-order chi connectivity index (χ1) is 19.0. The maximum Gasteiger partial charge on any atom is 0.321 e. The average Bonchev–Trinajstić information content (AvgIpc) is 3.47. The van der Waals surface area contributed by atoms with Crippen molar-refractivity contribution in [1.29, 1.82) is 0 Å². The molecule has 1 N–H and O–H groups in total. The van der Waals surface area contributed by atoms with E-state index in [1.807, 2.05) is 0 Å². The summed E-state index contributed by atoms with van der Waals surface area (Å²) in [5.74, 6) is -0.400. The van der Waals surface area contributed by atoms with Gasteiger partial charge in [-0.15, -0.1) is 5.11 Å². The third-order valence-corrected chi connectivity index (χ3v) is 8.74. The summed E-state index contributed by atoms with van der Waals surface area (Å²) in [5.41, 5.74) is 5.40. The molecule has 13 heteroatoms. The first-order valence-electron chi connectivity index (χ1n) is 14.3. The highest BCUT2D eigenvalue weighted by Gasteiger charge is 2.52. The summed E-state index contributed by atoms with van der Waals surface area (Å²) in [4.78, 5) is 28.1. The van der Waals surface area contributed by atoms with E-state index in [1.165, 1.54) is 30.0 Å². The van der Waals surface area contributed by atoms with Crippen molar-refractivity contribution in [2.75, 3.05) is 39.3 Å². The highest BCUT2D eigenvalue weighted by atomic mass is 16.6. The number of fused-ring (bicyclic) bond motifs is 1. The van der Waals surface area contributed by atoms with Crippen LogP contribution in [0.15, 0.2) is 57.2 Å². The number of nitro groups is 2. The SMILES string of the molecule is O=[N+]([O-])C1=CC([N+](=O)[O-])=C2N=NNN2C1C1C(N2CCCCC2)=CC(=[N+]2CCCCC2)C=C1N1CCCCC1. The lowest BCUT2D eigenvalue weighted by molar-refractivity contribution is -0.536. The lowest BCUT2D eigenvalue weighted by Gasteiger charge is -2.45. The fraction of sp³-hybridized carbons (Fsp3) is 0.654. The third kappa shape index (κ3) is 4.78. The van der Waals surface area contributed by atoms with Crippen LogP contribution >= 0.6 is 0 Å². The van der Waals surface area contributed by atoms with Gasteiger partial charge in [-0.3, -0.25) is 20.2 Å². The van der Waals surface area contributed by atoms with E-state index < -0.39 is 27.5 Å². The Kier molecular flexibility index (Phi) is 7.05. The van der Waals surface area contributed by atoms with E-state index in [0.717, 1.165) is 95.3 Å². The summed E-state index contributed by atoms with van der Waals surface area (Å²) < 4.78 is 2.45. The van der Waals surface area contributed by atoms with Gasteiger partial charge in [0.15, 0.2) is 6.04 Å². The first-order valence-corrected chi connectivity index (χ1v) is 14.3. The minimum absolute atomic E-state index is 0.0115. The molecule has 0 amide bonds. The molecule has 6 aliphatic rings. The average molecular weight is 539 g/mol. The maximum atomic E-state index is 12.5. The van der Waals surface area contributed by atoms with Crippen LogP contribution in [0.3, 0.4) is 0 Å². The third-order valence-electron chi connectivity index (χ3n) is 8.74. The number of allylic oxidation sites excluding steroid dienone is 3. The van der Waals surface area contributed by atoms with E-state index in [4.69, 9.17) is 0 Å². The van der Waals surface area contributed by atoms with Gasteiger partial charge in [-0.05, 0) is 44.9 Å². The van der Waals surface area contributed by atoms with E-state index in [0.29, 0.717) is 0 Å². The lowest BCUT2D eigenvalue weighted by Crippen LogP contribution is -2.54. The molecule has 0 spiro atoms. The molecule has 5 heterocycles. The Morgan fingerprint density at radius 3 is 1.90 bits per heavy atom. The molecule has 39 heavy (non-hydrogen) atoms. The van der Waals surface area contributed by atoms with Gasteiger partial charge in [-0.2, -0.15) is 5.53 Å². The molecular formula is C26H36N9O4+. The van der Waals surface area contributed by atoms with Crippen molar-refractivity contribution in [1.82, 2.24) is 20.3 Å². The Bertz CT molecular complexity index is 1180. The molecule has 5 aliphatic heterocycles. The monoisotopic (exact) mass is 538 g/mol. The standard InChI is InChI=1S/C26H36N9O4/c36-34(37)22-18-23(35(38)39)26-27-28-29-33(26)25(22)24-20(31-12-6-2-7-13-31)16-19(30-10-4-1-5-11-30)17-21(24)32-14-8-3-9-15-32/h16-18,24-25H,1-15H2,(H,27,29)/q+1. The topological polar surface area (TPSA) is 136 Å². The first kappa shape index (κ1) is 25.5. The summed E-state index contributed by atoms with van der Waals surface area (Å²) in [6.45, 7) is 5.55. The molecule has 1 atom stereocenters. The number of hydrazine groups is 1. The van der Waals surface area contributed by atoms with Gasteiger partial charge in [0.25, 0.3) is 11.5 Å². The number of piperidine rings is 3. The van der Waals surface area contributed by atoms with Crippen molar-refractivity contribution < 1.29 is 14.4 Å². The molecule has 0 saturated carbocycles. The highest BCUT2D eigenvalue weighted by molar-refractivity contribution is 6.02. The van der Waals surface area contributed by atoms with Crippen LogP contribution in [-0.4, -0.2) is 80.3 Å². The molecule has 6 rings (SSSR count). The van der Waals surface area contributed by atoms with Gasteiger partial charge in [-0.1, -0.05) is 5.22 Å². The van der Waals surface area contributed by atoms with Crippen LogP contribution in [0.25, 0.3) is 0 Å². The summed E-state index contributed by atoms with van der Waals surface area (Å²) in [6.07, 6.45) is 15.7. The minimum atomic E-state index is -0.849. The Labute approximate surface area is 227 Å². The molecular weight excluding hydrogens is 502 g/mol. The Balaban J connectivity index is 1.52. The van der Waals surface area contributed by atoms with Crippen molar-refractivity contribution in [3.63, 3.8) is 0 Å². The van der Waals surface area contributed by atoms with Crippen LogP contribution in [0.2, 0.25) is 0 Å². The minimum Gasteiger partial charge on any atom is -0.374 e. The van der Waals surface area contributed by atoms with Crippen molar-refractivity contribution in [3.8, 4) is 0 Å². The summed E-state index contributed by atoms with van der Waals surface area (Å²) in [7, 11) is 0. The smallest absolute Gasteiger partial charge is 0.321 e. The van der Waals surface area contributed by atoms with Crippen LogP contribution in [0.5, 0.6) is 0 Å². The molecule has 0 aromatic rings. The van der Waals surface area contributed by atoms with Crippen LogP contribution in [-0.2, 0) is 0 Å². The van der Waals surface area contributed by atoms with Crippen molar-refractivity contribution in [3.05, 3.63) is 67.1 Å². The molecule has 0 aromatic heterocycles. The molecule has 1 unspecified atom stereocenters. The number of likely N-dealkylation sites (tertiary alicyclic amines) is 2. The molecule has 13 nitrogen and oxygen atoms in total. The highest BCUT2D eigenvalue weighted by Crippen LogP contribution is 2.43. The molecule has 1 aliphatic carbocycles. The Morgan fingerprint density at radius 2 is 1.36 bits per heavy atom. The predicted octanol–water partition coefficient (Wildman–Crippen LogP) is 3.17. The van der Waals surface area contributed by atoms with E-state index in [2.05, 4.69) is 42.4 Å². The number of hydrogen-bond donors (Lipinski definition) is 1. The molecule has 0 aromatic carbocycles. The van der Waals surface area contributed by atoms with Crippen LogP contribution in [0.1, 0.15) is 57.8 Å². The van der Waals surface area contributed by atoms with Gasteiger partial charge < -0.3 is 9.80 Å². The molecule has 3 saturated heterocycles. The van der Waals surface area contributed by atoms with Gasteiger partial charge in [0.1, 0.15) is 13.1 Å². The van der Waals surface area contributed by atoms with E-state index in [-0.39, 0.29) is 11.5 Å². The molecule has 208 valence electrons. The Morgan fingerprint density at radius 1 is 0.795 bits per heavy atom. The number of nitrogens with zero attached hydrogens (tertiary/aromatic N) is 8. The zero-order chi connectivity index (χ0) is 26.9. The van der Waals surface area contributed by atoms with Gasteiger partial charge in [0.2, 0.25) is 5.71 Å². The van der Waals surface area contributed by atoms with E-state index in [9.17, 15) is 20.2 Å². The quantitative estimate of drug-likeness (QED) is 0.320. The van der Waals surface area contributed by atoms with Gasteiger partial charge in [0.05, 0.1) is 21.8 Å². The summed E-state index contributed by atoms with van der Waals surface area (Å²) >= 11 is 0. The van der Waals surface area contributed by atoms with Crippen LogP contribution < -0.4 is 5.53 Å².